The van der Waals surface area contributed by atoms with Crippen molar-refractivity contribution in [1.82, 2.24) is 15.1 Å². The number of thiophene rings is 1. The van der Waals surface area contributed by atoms with Crippen molar-refractivity contribution in [3.63, 3.8) is 0 Å². The molecule has 0 spiro atoms. The molecule has 7 nitrogen and oxygen atoms in total. The van der Waals surface area contributed by atoms with Gasteiger partial charge in [-0.1, -0.05) is 6.07 Å². The molecule has 2 aliphatic rings. The minimum Gasteiger partial charge on any atom is -0.469 e. The average Bonchev–Trinajstić information content (AvgIpc) is 3.40. The zero-order valence-corrected chi connectivity index (χ0v) is 16.5. The maximum atomic E-state index is 12.9. The summed E-state index contributed by atoms with van der Waals surface area (Å²) < 4.78 is 4.77. The third-order valence-electron chi connectivity index (χ3n) is 5.24. The Labute approximate surface area is 163 Å². The first-order valence-corrected chi connectivity index (χ1v) is 10.4. The number of amides is 3. The summed E-state index contributed by atoms with van der Waals surface area (Å²) in [5.41, 5.74) is 0. The number of likely N-dealkylation sites (tertiary alicyclic amines) is 2. The molecule has 3 amide bonds. The second-order valence-electron chi connectivity index (χ2n) is 7.12. The molecular weight excluding hydrogens is 366 g/mol. The Hall–Kier alpha value is -2.09. The molecule has 2 fully saturated rings. The number of carbonyl (C=O) groups is 3. The molecule has 3 rings (SSSR count). The van der Waals surface area contributed by atoms with Crippen LogP contribution in [0.5, 0.6) is 0 Å². The molecule has 8 heteroatoms. The highest BCUT2D eigenvalue weighted by Gasteiger charge is 2.32. The topological polar surface area (TPSA) is 79.0 Å². The van der Waals surface area contributed by atoms with Gasteiger partial charge < -0.3 is 19.9 Å². The summed E-state index contributed by atoms with van der Waals surface area (Å²) >= 11 is 1.50. The third kappa shape index (κ3) is 5.00. The molecule has 2 aliphatic heterocycles. The normalized spacial score (nSPS) is 21.0. The minimum absolute atomic E-state index is 0.0503. The monoisotopic (exact) mass is 393 g/mol. The zero-order chi connectivity index (χ0) is 19.2. The number of carbonyl (C=O) groups excluding carboxylic acids is 3. The fourth-order valence-corrected chi connectivity index (χ4v) is 4.50. The second kappa shape index (κ2) is 9.21. The molecule has 0 unspecified atom stereocenters. The van der Waals surface area contributed by atoms with E-state index in [2.05, 4.69) is 5.32 Å². The van der Waals surface area contributed by atoms with Crippen molar-refractivity contribution in [3.8, 4) is 0 Å². The first-order valence-electron chi connectivity index (χ1n) is 9.53. The molecule has 1 aromatic rings. The van der Waals surface area contributed by atoms with Gasteiger partial charge in [-0.3, -0.25) is 9.59 Å². The van der Waals surface area contributed by atoms with Gasteiger partial charge in [0.2, 0.25) is 5.91 Å². The Kier molecular flexibility index (Phi) is 6.71. The Bertz CT molecular complexity index is 658. The summed E-state index contributed by atoms with van der Waals surface area (Å²) in [7, 11) is 1.35. The maximum Gasteiger partial charge on any atom is 0.320 e. The van der Waals surface area contributed by atoms with Gasteiger partial charge >= 0.3 is 12.0 Å². The highest BCUT2D eigenvalue weighted by Crippen LogP contribution is 2.25. The van der Waals surface area contributed by atoms with E-state index < -0.39 is 6.04 Å². The van der Waals surface area contributed by atoms with Gasteiger partial charge in [0.1, 0.15) is 0 Å². The largest absolute Gasteiger partial charge is 0.469 e. The molecule has 1 aromatic heterocycles. The van der Waals surface area contributed by atoms with Crippen LogP contribution in [0.2, 0.25) is 0 Å². The van der Waals surface area contributed by atoms with Gasteiger partial charge in [0, 0.05) is 31.1 Å². The summed E-state index contributed by atoms with van der Waals surface area (Å²) in [6.45, 7) is 2.77. The van der Waals surface area contributed by atoms with E-state index in [0.717, 1.165) is 43.6 Å². The van der Waals surface area contributed by atoms with Crippen molar-refractivity contribution in [1.29, 1.82) is 0 Å². The van der Waals surface area contributed by atoms with Crippen LogP contribution in [0.3, 0.4) is 0 Å². The maximum absolute atomic E-state index is 12.9. The molecule has 2 atom stereocenters. The van der Waals surface area contributed by atoms with E-state index in [4.69, 9.17) is 4.74 Å². The SMILES string of the molecule is COC(=O)C[C@@H](NC(=O)[C@@H]1CCCN(C(=O)N2CCCC2)C1)c1cccs1. The number of nitrogens with one attached hydrogen (secondary N) is 1. The number of nitrogens with zero attached hydrogens (tertiary/aromatic N) is 2. The Balaban J connectivity index is 1.61. The van der Waals surface area contributed by atoms with E-state index >= 15 is 0 Å². The highest BCUT2D eigenvalue weighted by atomic mass is 32.1. The Morgan fingerprint density at radius 1 is 1.22 bits per heavy atom. The Morgan fingerprint density at radius 3 is 2.63 bits per heavy atom. The van der Waals surface area contributed by atoms with Gasteiger partial charge in [0.05, 0.1) is 25.5 Å². The summed E-state index contributed by atoms with van der Waals surface area (Å²) in [6, 6.07) is 3.46. The second-order valence-corrected chi connectivity index (χ2v) is 8.10. The predicted octanol–water partition coefficient (Wildman–Crippen LogP) is 2.40. The molecule has 3 heterocycles. The van der Waals surface area contributed by atoms with Crippen molar-refractivity contribution < 1.29 is 19.1 Å². The number of hydrogen-bond donors (Lipinski definition) is 1. The molecule has 2 saturated heterocycles. The number of esters is 1. The first-order chi connectivity index (χ1) is 13.1. The van der Waals surface area contributed by atoms with Crippen molar-refractivity contribution in [2.24, 2.45) is 5.92 Å². The summed E-state index contributed by atoms with van der Waals surface area (Å²) in [5.74, 6) is -0.704. The van der Waals surface area contributed by atoms with Crippen LogP contribution in [-0.2, 0) is 14.3 Å². The fraction of sp³-hybridized carbons (Fsp3) is 0.632. The number of hydrogen-bond acceptors (Lipinski definition) is 5. The van der Waals surface area contributed by atoms with Crippen LogP contribution in [0.25, 0.3) is 0 Å². The van der Waals surface area contributed by atoms with E-state index in [-0.39, 0.29) is 30.2 Å². The standard InChI is InChI=1S/C19H27N3O4S/c1-26-17(23)12-15(16-7-5-11-27-16)20-18(24)14-6-4-10-22(13-14)19(25)21-8-2-3-9-21/h5,7,11,14-15H,2-4,6,8-10,12-13H2,1H3,(H,20,24)/t14-,15-/m1/s1. The van der Waals surface area contributed by atoms with E-state index in [0.29, 0.717) is 13.1 Å². The van der Waals surface area contributed by atoms with Gasteiger partial charge in [-0.15, -0.1) is 11.3 Å². The van der Waals surface area contributed by atoms with Crippen molar-refractivity contribution in [3.05, 3.63) is 22.4 Å². The molecule has 1 N–H and O–H groups in total. The molecule has 0 radical (unpaired) electrons. The molecule has 0 bridgehead atoms. The van der Waals surface area contributed by atoms with Gasteiger partial charge in [-0.05, 0) is 37.1 Å². The minimum atomic E-state index is -0.394. The summed E-state index contributed by atoms with van der Waals surface area (Å²) in [6.07, 6.45) is 3.79. The molecule has 0 saturated carbocycles. The zero-order valence-electron chi connectivity index (χ0n) is 15.7. The van der Waals surface area contributed by atoms with Gasteiger partial charge in [0.25, 0.3) is 0 Å². The lowest BCUT2D eigenvalue weighted by atomic mass is 9.96. The smallest absolute Gasteiger partial charge is 0.320 e. The predicted molar refractivity (Wildman–Crippen MR) is 102 cm³/mol. The van der Waals surface area contributed by atoms with Crippen molar-refractivity contribution in [2.75, 3.05) is 33.3 Å². The van der Waals surface area contributed by atoms with Crippen LogP contribution in [0.15, 0.2) is 17.5 Å². The highest BCUT2D eigenvalue weighted by molar-refractivity contribution is 7.10. The van der Waals surface area contributed by atoms with Crippen LogP contribution in [-0.4, -0.2) is 61.0 Å². The van der Waals surface area contributed by atoms with Gasteiger partial charge in [-0.25, -0.2) is 4.79 Å². The van der Waals surface area contributed by atoms with Crippen LogP contribution in [0, 0.1) is 5.92 Å². The quantitative estimate of drug-likeness (QED) is 0.779. The van der Waals surface area contributed by atoms with Crippen molar-refractivity contribution >= 4 is 29.2 Å². The Morgan fingerprint density at radius 2 is 1.96 bits per heavy atom. The molecule has 0 aromatic carbocycles. The number of urea groups is 1. The van der Waals surface area contributed by atoms with Crippen LogP contribution in [0.4, 0.5) is 4.79 Å². The first kappa shape index (κ1) is 19.7. The van der Waals surface area contributed by atoms with E-state index in [1.165, 1.54) is 18.4 Å². The van der Waals surface area contributed by atoms with Crippen LogP contribution >= 0.6 is 11.3 Å². The van der Waals surface area contributed by atoms with Crippen molar-refractivity contribution in [2.45, 2.75) is 38.1 Å². The summed E-state index contributed by atoms with van der Waals surface area (Å²) in [4.78, 5) is 41.8. The number of methoxy groups -OCH3 is 1. The fourth-order valence-electron chi connectivity index (χ4n) is 3.73. The van der Waals surface area contributed by atoms with Gasteiger partial charge in [0.15, 0.2) is 0 Å². The van der Waals surface area contributed by atoms with Crippen LogP contribution < -0.4 is 5.32 Å². The number of rotatable bonds is 5. The lowest BCUT2D eigenvalue weighted by Crippen LogP contribution is -2.50. The molecule has 148 valence electrons. The van der Waals surface area contributed by atoms with E-state index in [1.807, 2.05) is 22.4 Å². The lowest BCUT2D eigenvalue weighted by Gasteiger charge is -2.35. The summed E-state index contributed by atoms with van der Waals surface area (Å²) in [5, 5.41) is 4.92. The molecular formula is C19H27N3O4S. The van der Waals surface area contributed by atoms with Crippen LogP contribution in [0.1, 0.15) is 43.0 Å². The van der Waals surface area contributed by atoms with Gasteiger partial charge in [-0.2, -0.15) is 0 Å². The molecule has 0 aliphatic carbocycles. The van der Waals surface area contributed by atoms with E-state index in [9.17, 15) is 14.4 Å². The average molecular weight is 394 g/mol. The lowest BCUT2D eigenvalue weighted by molar-refractivity contribution is -0.141. The number of ether oxygens (including phenoxy) is 1. The number of piperidine rings is 1. The van der Waals surface area contributed by atoms with E-state index in [1.54, 1.807) is 4.90 Å². The molecule has 27 heavy (non-hydrogen) atoms. The third-order valence-corrected chi connectivity index (χ3v) is 6.23.